The molecule has 23 heavy (non-hydrogen) atoms. The van der Waals surface area contributed by atoms with Crippen LogP contribution < -0.4 is 4.74 Å². The van der Waals surface area contributed by atoms with Crippen LogP contribution in [0.3, 0.4) is 0 Å². The van der Waals surface area contributed by atoms with Crippen LogP contribution in [0.1, 0.15) is 37.7 Å². The molecule has 1 aliphatic rings. The number of aromatic nitrogens is 1. The Morgan fingerprint density at radius 1 is 1.30 bits per heavy atom. The van der Waals surface area contributed by atoms with Crippen LogP contribution in [0, 0.1) is 0 Å². The smallest absolute Gasteiger partial charge is 0.410 e. The van der Waals surface area contributed by atoms with Gasteiger partial charge in [0.15, 0.2) is 0 Å². The number of likely N-dealkylation sites (tertiary alicyclic amines) is 1. The monoisotopic (exact) mass is 322 g/mol. The second kappa shape index (κ2) is 6.85. The SMILES string of the molecule is COC(=O)c1ccc(O[C@H]2CCN(C(=O)OC(C)(C)C)C2)cn1. The molecule has 2 heterocycles. The second-order valence-electron chi connectivity index (χ2n) is 6.33. The van der Waals surface area contributed by atoms with Crippen LogP contribution in [0.25, 0.3) is 0 Å². The van der Waals surface area contributed by atoms with Gasteiger partial charge < -0.3 is 19.1 Å². The van der Waals surface area contributed by atoms with Gasteiger partial charge in [-0.1, -0.05) is 0 Å². The zero-order chi connectivity index (χ0) is 17.0. The molecule has 0 N–H and O–H groups in total. The summed E-state index contributed by atoms with van der Waals surface area (Å²) in [5.74, 6) is 0.0576. The van der Waals surface area contributed by atoms with E-state index in [0.717, 1.165) is 6.42 Å². The van der Waals surface area contributed by atoms with Crippen molar-refractivity contribution in [3.05, 3.63) is 24.0 Å². The summed E-state index contributed by atoms with van der Waals surface area (Å²) in [5.41, 5.74) is -0.287. The highest BCUT2D eigenvalue weighted by atomic mass is 16.6. The molecule has 1 atom stereocenters. The maximum atomic E-state index is 12.0. The van der Waals surface area contributed by atoms with E-state index in [9.17, 15) is 9.59 Å². The Morgan fingerprint density at radius 3 is 2.61 bits per heavy atom. The Hall–Kier alpha value is -2.31. The lowest BCUT2D eigenvalue weighted by atomic mass is 10.2. The average molecular weight is 322 g/mol. The molecular weight excluding hydrogens is 300 g/mol. The first-order chi connectivity index (χ1) is 10.8. The Balaban J connectivity index is 1.88. The van der Waals surface area contributed by atoms with E-state index in [1.807, 2.05) is 20.8 Å². The van der Waals surface area contributed by atoms with Crippen molar-refractivity contribution in [3.8, 4) is 5.75 Å². The van der Waals surface area contributed by atoms with Gasteiger partial charge in [0, 0.05) is 13.0 Å². The molecule has 0 aliphatic carbocycles. The van der Waals surface area contributed by atoms with Gasteiger partial charge in [0.2, 0.25) is 0 Å². The van der Waals surface area contributed by atoms with Crippen LogP contribution in [0.5, 0.6) is 5.75 Å². The average Bonchev–Trinajstić information content (AvgIpc) is 2.94. The zero-order valence-corrected chi connectivity index (χ0v) is 13.9. The van der Waals surface area contributed by atoms with Gasteiger partial charge in [-0.3, -0.25) is 0 Å². The van der Waals surface area contributed by atoms with Crippen LogP contribution in [0.2, 0.25) is 0 Å². The van der Waals surface area contributed by atoms with Crippen molar-refractivity contribution in [1.82, 2.24) is 9.88 Å². The first-order valence-electron chi connectivity index (χ1n) is 7.47. The van der Waals surface area contributed by atoms with E-state index >= 15 is 0 Å². The van der Waals surface area contributed by atoms with E-state index in [0.29, 0.717) is 18.8 Å². The maximum absolute atomic E-state index is 12.0. The standard InChI is InChI=1S/C16H22N2O5/c1-16(2,3)23-15(20)18-8-7-12(10-18)22-11-5-6-13(17-9-11)14(19)21-4/h5-6,9,12H,7-8,10H2,1-4H3/t12-/m0/s1. The van der Waals surface area contributed by atoms with Crippen molar-refractivity contribution in [2.75, 3.05) is 20.2 Å². The molecule has 0 radical (unpaired) electrons. The summed E-state index contributed by atoms with van der Waals surface area (Å²) in [7, 11) is 1.30. The normalized spacial score (nSPS) is 17.7. The molecule has 126 valence electrons. The second-order valence-corrected chi connectivity index (χ2v) is 6.33. The molecule has 1 saturated heterocycles. The van der Waals surface area contributed by atoms with E-state index in [2.05, 4.69) is 9.72 Å². The summed E-state index contributed by atoms with van der Waals surface area (Å²) in [6.07, 6.45) is 1.75. The molecule has 1 aromatic heterocycles. The highest BCUT2D eigenvalue weighted by molar-refractivity contribution is 5.87. The summed E-state index contributed by atoms with van der Waals surface area (Å²) in [4.78, 5) is 28.9. The Morgan fingerprint density at radius 2 is 2.04 bits per heavy atom. The lowest BCUT2D eigenvalue weighted by Crippen LogP contribution is -2.36. The quantitative estimate of drug-likeness (QED) is 0.794. The molecule has 7 nitrogen and oxygen atoms in total. The fraction of sp³-hybridized carbons (Fsp3) is 0.562. The summed E-state index contributed by atoms with van der Waals surface area (Å²) in [5, 5.41) is 0. The predicted molar refractivity (Wildman–Crippen MR) is 82.4 cm³/mol. The minimum Gasteiger partial charge on any atom is -0.487 e. The Kier molecular flexibility index (Phi) is 5.08. The molecule has 0 unspecified atom stereocenters. The summed E-state index contributed by atoms with van der Waals surface area (Å²) in [6.45, 7) is 6.57. The third-order valence-corrected chi connectivity index (χ3v) is 3.23. The van der Waals surface area contributed by atoms with Gasteiger partial charge in [-0.2, -0.15) is 0 Å². The van der Waals surface area contributed by atoms with Gasteiger partial charge in [-0.05, 0) is 32.9 Å². The van der Waals surface area contributed by atoms with Gasteiger partial charge in [-0.15, -0.1) is 0 Å². The molecule has 1 aromatic rings. The maximum Gasteiger partial charge on any atom is 0.410 e. The van der Waals surface area contributed by atoms with E-state index in [4.69, 9.17) is 9.47 Å². The third-order valence-electron chi connectivity index (χ3n) is 3.23. The molecule has 1 fully saturated rings. The molecular formula is C16H22N2O5. The lowest BCUT2D eigenvalue weighted by Gasteiger charge is -2.24. The van der Waals surface area contributed by atoms with Crippen molar-refractivity contribution in [3.63, 3.8) is 0 Å². The number of hydrogen-bond donors (Lipinski definition) is 0. The van der Waals surface area contributed by atoms with Crippen LogP contribution >= 0.6 is 0 Å². The summed E-state index contributed by atoms with van der Waals surface area (Å²) >= 11 is 0. The van der Waals surface area contributed by atoms with Crippen molar-refractivity contribution in [2.24, 2.45) is 0 Å². The van der Waals surface area contributed by atoms with E-state index < -0.39 is 11.6 Å². The van der Waals surface area contributed by atoms with Crippen molar-refractivity contribution in [2.45, 2.75) is 38.9 Å². The molecule has 0 saturated carbocycles. The van der Waals surface area contributed by atoms with Crippen molar-refractivity contribution < 1.29 is 23.8 Å². The highest BCUT2D eigenvalue weighted by Crippen LogP contribution is 2.20. The number of carbonyl (C=O) groups excluding carboxylic acids is 2. The van der Waals surface area contributed by atoms with Crippen LogP contribution in [-0.4, -0.2) is 53.9 Å². The predicted octanol–water partition coefficient (Wildman–Crippen LogP) is 2.26. The number of hydrogen-bond acceptors (Lipinski definition) is 6. The van der Waals surface area contributed by atoms with E-state index in [1.54, 1.807) is 17.0 Å². The topological polar surface area (TPSA) is 78.0 Å². The molecule has 1 amide bonds. The van der Waals surface area contributed by atoms with Gasteiger partial charge in [0.05, 0.1) is 19.9 Å². The first kappa shape index (κ1) is 17.1. The number of carbonyl (C=O) groups is 2. The Labute approximate surface area is 135 Å². The largest absolute Gasteiger partial charge is 0.487 e. The molecule has 0 aromatic carbocycles. The molecule has 0 spiro atoms. The summed E-state index contributed by atoms with van der Waals surface area (Å²) in [6, 6.07) is 3.21. The minimum atomic E-state index is -0.510. The zero-order valence-electron chi connectivity index (χ0n) is 13.9. The number of esters is 1. The van der Waals surface area contributed by atoms with Crippen LogP contribution in [-0.2, 0) is 9.47 Å². The fourth-order valence-corrected chi connectivity index (χ4v) is 2.18. The van der Waals surface area contributed by atoms with Gasteiger partial charge in [-0.25, -0.2) is 14.6 Å². The number of methoxy groups -OCH3 is 1. The van der Waals surface area contributed by atoms with E-state index in [-0.39, 0.29) is 17.9 Å². The first-order valence-corrected chi connectivity index (χ1v) is 7.47. The number of ether oxygens (including phenoxy) is 3. The van der Waals surface area contributed by atoms with Crippen molar-refractivity contribution in [1.29, 1.82) is 0 Å². The number of rotatable bonds is 3. The highest BCUT2D eigenvalue weighted by Gasteiger charge is 2.30. The van der Waals surface area contributed by atoms with Gasteiger partial charge in [0.1, 0.15) is 23.1 Å². The molecule has 2 rings (SSSR count). The third kappa shape index (κ3) is 4.84. The van der Waals surface area contributed by atoms with Crippen LogP contribution in [0.15, 0.2) is 18.3 Å². The minimum absolute atomic E-state index is 0.117. The number of nitrogens with zero attached hydrogens (tertiary/aromatic N) is 2. The van der Waals surface area contributed by atoms with Crippen LogP contribution in [0.4, 0.5) is 4.79 Å². The van der Waals surface area contributed by atoms with Crippen molar-refractivity contribution >= 4 is 12.1 Å². The lowest BCUT2D eigenvalue weighted by molar-refractivity contribution is 0.0275. The Bertz CT molecular complexity index is 565. The van der Waals surface area contributed by atoms with Gasteiger partial charge in [0.25, 0.3) is 0 Å². The molecule has 7 heteroatoms. The summed E-state index contributed by atoms with van der Waals surface area (Å²) < 4.78 is 15.7. The molecule has 0 bridgehead atoms. The van der Waals surface area contributed by atoms with E-state index in [1.165, 1.54) is 13.3 Å². The fourth-order valence-electron chi connectivity index (χ4n) is 2.18. The number of amides is 1. The van der Waals surface area contributed by atoms with Gasteiger partial charge >= 0.3 is 12.1 Å². The number of pyridine rings is 1. The molecule has 1 aliphatic heterocycles.